The molecule has 0 atom stereocenters. The number of rotatable bonds is 11. The second-order valence-corrected chi connectivity index (χ2v) is 13.0. The zero-order valence-corrected chi connectivity index (χ0v) is 26.7. The number of aromatic nitrogens is 2. The van der Waals surface area contributed by atoms with Crippen molar-refractivity contribution in [2.45, 2.75) is 31.4 Å². The van der Waals surface area contributed by atoms with Crippen molar-refractivity contribution >= 4 is 68.2 Å². The highest BCUT2D eigenvalue weighted by Gasteiger charge is 2.18. The molecule has 5 aromatic rings. The van der Waals surface area contributed by atoms with Gasteiger partial charge in [-0.05, 0) is 85.5 Å². The van der Waals surface area contributed by atoms with Gasteiger partial charge in [-0.3, -0.25) is 19.4 Å². The summed E-state index contributed by atoms with van der Waals surface area (Å²) in [5.74, 6) is -0.234. The number of pyridine rings is 1. The molecule has 3 heterocycles. The van der Waals surface area contributed by atoms with E-state index in [1.165, 1.54) is 29.5 Å². The SMILES string of the molecule is O=C(O)CCSCc1cccc(C(=O)Nc2ccc(N3CCCCC3)cc2-c2cc(C(=O)Nc3ccc4ncsc4c3)ccn2)c1. The van der Waals surface area contributed by atoms with Crippen LogP contribution >= 0.6 is 23.1 Å². The van der Waals surface area contributed by atoms with Gasteiger partial charge in [0.2, 0.25) is 0 Å². The molecular formula is C35H33N5O4S2. The number of carboxylic acid groups (broad SMARTS) is 1. The maximum Gasteiger partial charge on any atom is 0.304 e. The first-order chi connectivity index (χ1) is 22.4. The molecule has 1 aliphatic heterocycles. The molecule has 1 fully saturated rings. The molecule has 6 rings (SSSR count). The minimum atomic E-state index is -0.822. The lowest BCUT2D eigenvalue weighted by Gasteiger charge is -2.29. The fourth-order valence-corrected chi connectivity index (χ4v) is 7.00. The van der Waals surface area contributed by atoms with Crippen LogP contribution in [0.25, 0.3) is 21.5 Å². The monoisotopic (exact) mass is 651 g/mol. The van der Waals surface area contributed by atoms with Gasteiger partial charge < -0.3 is 20.6 Å². The number of nitrogens with zero attached hydrogens (tertiary/aromatic N) is 3. The van der Waals surface area contributed by atoms with Crippen LogP contribution in [0.15, 0.2) is 84.5 Å². The van der Waals surface area contributed by atoms with Gasteiger partial charge in [-0.25, -0.2) is 4.98 Å². The number of fused-ring (bicyclic) bond motifs is 1. The van der Waals surface area contributed by atoms with Crippen LogP contribution in [-0.4, -0.2) is 51.7 Å². The summed E-state index contributed by atoms with van der Waals surface area (Å²) in [5, 5.41) is 15.0. The Bertz CT molecular complexity index is 1890. The number of piperidine rings is 1. The lowest BCUT2D eigenvalue weighted by molar-refractivity contribution is -0.136. The van der Waals surface area contributed by atoms with Crippen LogP contribution in [-0.2, 0) is 10.5 Å². The van der Waals surface area contributed by atoms with E-state index in [4.69, 9.17) is 5.11 Å². The summed E-state index contributed by atoms with van der Waals surface area (Å²) in [7, 11) is 0. The molecule has 46 heavy (non-hydrogen) atoms. The van der Waals surface area contributed by atoms with Crippen LogP contribution < -0.4 is 15.5 Å². The van der Waals surface area contributed by atoms with Crippen molar-refractivity contribution in [2.24, 2.45) is 0 Å². The first kappa shape index (κ1) is 31.3. The molecule has 0 saturated carbocycles. The normalized spacial score (nSPS) is 13.0. The van der Waals surface area contributed by atoms with E-state index in [9.17, 15) is 14.4 Å². The molecule has 0 bridgehead atoms. The number of amides is 2. The fourth-order valence-electron chi connectivity index (χ4n) is 5.40. The summed E-state index contributed by atoms with van der Waals surface area (Å²) < 4.78 is 0.991. The van der Waals surface area contributed by atoms with Gasteiger partial charge in [0, 0.05) is 58.9 Å². The Morgan fingerprint density at radius 1 is 0.870 bits per heavy atom. The molecule has 3 N–H and O–H groups in total. The average Bonchev–Trinajstić information content (AvgIpc) is 3.55. The molecule has 0 unspecified atom stereocenters. The van der Waals surface area contributed by atoms with Gasteiger partial charge >= 0.3 is 5.97 Å². The minimum absolute atomic E-state index is 0.0978. The van der Waals surface area contributed by atoms with E-state index >= 15 is 0 Å². The van der Waals surface area contributed by atoms with E-state index < -0.39 is 5.97 Å². The summed E-state index contributed by atoms with van der Waals surface area (Å²) in [6, 6.07) is 22.4. The lowest BCUT2D eigenvalue weighted by Crippen LogP contribution is -2.29. The number of aliphatic carboxylic acids is 1. The number of hydrogen-bond acceptors (Lipinski definition) is 8. The van der Waals surface area contributed by atoms with E-state index in [1.54, 1.807) is 29.9 Å². The number of thioether (sulfide) groups is 1. The number of thiazole rings is 1. The molecule has 1 aliphatic rings. The summed E-state index contributed by atoms with van der Waals surface area (Å²) in [6.07, 6.45) is 5.17. The van der Waals surface area contributed by atoms with Crippen LogP contribution in [0.5, 0.6) is 0 Å². The molecule has 2 amide bonds. The molecule has 1 saturated heterocycles. The molecule has 0 radical (unpaired) electrons. The van der Waals surface area contributed by atoms with Crippen LogP contribution in [0, 0.1) is 0 Å². The molecule has 3 aromatic carbocycles. The number of anilines is 3. The zero-order chi connectivity index (χ0) is 31.9. The average molecular weight is 652 g/mol. The number of carbonyl (C=O) groups excluding carboxylic acids is 2. The predicted octanol–water partition coefficient (Wildman–Crippen LogP) is 7.56. The third kappa shape index (κ3) is 7.72. The van der Waals surface area contributed by atoms with E-state index in [0.29, 0.717) is 39.7 Å². The first-order valence-corrected chi connectivity index (χ1v) is 17.2. The fraction of sp³-hybridized carbons (Fsp3) is 0.229. The summed E-state index contributed by atoms with van der Waals surface area (Å²) in [4.78, 5) is 48.9. The van der Waals surface area contributed by atoms with Crippen molar-refractivity contribution in [3.8, 4) is 11.3 Å². The molecule has 9 nitrogen and oxygen atoms in total. The Balaban J connectivity index is 1.25. The van der Waals surface area contributed by atoms with Crippen LogP contribution in [0.3, 0.4) is 0 Å². The molecule has 11 heteroatoms. The Labute approximate surface area is 275 Å². The van der Waals surface area contributed by atoms with Crippen molar-refractivity contribution in [3.05, 3.63) is 101 Å². The summed E-state index contributed by atoms with van der Waals surface area (Å²) >= 11 is 3.03. The molecule has 234 valence electrons. The standard InChI is InChI=1S/C35H33N5O4S2/c41-33(42)12-16-45-21-23-5-4-6-24(17-23)35(44)39-29-10-8-27(40-14-2-1-3-15-40)20-28(29)31-18-25(11-13-36-31)34(43)38-26-7-9-30-32(19-26)46-22-37-30/h4-11,13,17-20,22H,1-3,12,14-16,21H2,(H,38,43)(H,39,44)(H,41,42). The summed E-state index contributed by atoms with van der Waals surface area (Å²) in [5.41, 5.74) is 8.17. The lowest BCUT2D eigenvalue weighted by atomic mass is 10.0. The largest absolute Gasteiger partial charge is 0.481 e. The van der Waals surface area contributed by atoms with E-state index in [1.807, 2.05) is 54.6 Å². The molecule has 0 spiro atoms. The third-order valence-electron chi connectivity index (χ3n) is 7.78. The Kier molecular flexibility index (Phi) is 9.90. The Morgan fingerprint density at radius 2 is 1.70 bits per heavy atom. The van der Waals surface area contributed by atoms with E-state index in [2.05, 4.69) is 25.5 Å². The van der Waals surface area contributed by atoms with Crippen LogP contribution in [0.2, 0.25) is 0 Å². The maximum absolute atomic E-state index is 13.5. The maximum atomic E-state index is 13.5. The minimum Gasteiger partial charge on any atom is -0.481 e. The van der Waals surface area contributed by atoms with Gasteiger partial charge in [-0.1, -0.05) is 12.1 Å². The predicted molar refractivity (Wildman–Crippen MR) is 186 cm³/mol. The van der Waals surface area contributed by atoms with E-state index in [0.717, 1.165) is 53.0 Å². The van der Waals surface area contributed by atoms with Crippen molar-refractivity contribution in [3.63, 3.8) is 0 Å². The van der Waals surface area contributed by atoms with Crippen LogP contribution in [0.4, 0.5) is 17.1 Å². The highest BCUT2D eigenvalue weighted by atomic mass is 32.2. The van der Waals surface area contributed by atoms with Crippen molar-refractivity contribution in [1.82, 2.24) is 9.97 Å². The third-order valence-corrected chi connectivity index (χ3v) is 9.60. The second kappa shape index (κ2) is 14.6. The number of hydrogen-bond donors (Lipinski definition) is 3. The Hall–Kier alpha value is -4.74. The van der Waals surface area contributed by atoms with Crippen molar-refractivity contribution in [2.75, 3.05) is 34.4 Å². The van der Waals surface area contributed by atoms with E-state index in [-0.39, 0.29) is 18.2 Å². The Morgan fingerprint density at radius 3 is 2.54 bits per heavy atom. The van der Waals surface area contributed by atoms with Crippen molar-refractivity contribution in [1.29, 1.82) is 0 Å². The number of carboxylic acids is 1. The van der Waals surface area contributed by atoms with Gasteiger partial charge in [-0.2, -0.15) is 11.8 Å². The quantitative estimate of drug-likeness (QED) is 0.125. The van der Waals surface area contributed by atoms with Gasteiger partial charge in [0.1, 0.15) is 0 Å². The smallest absolute Gasteiger partial charge is 0.304 e. The highest BCUT2D eigenvalue weighted by Crippen LogP contribution is 2.33. The zero-order valence-electron chi connectivity index (χ0n) is 25.1. The summed E-state index contributed by atoms with van der Waals surface area (Å²) in [6.45, 7) is 1.92. The van der Waals surface area contributed by atoms with Crippen LogP contribution in [0.1, 0.15) is 52.0 Å². The molecule has 2 aromatic heterocycles. The first-order valence-electron chi connectivity index (χ1n) is 15.1. The van der Waals surface area contributed by atoms with Gasteiger partial charge in [0.05, 0.1) is 33.5 Å². The molecular weight excluding hydrogens is 619 g/mol. The van der Waals surface area contributed by atoms with Gasteiger partial charge in [0.25, 0.3) is 11.8 Å². The second-order valence-electron chi connectivity index (χ2n) is 11.0. The van der Waals surface area contributed by atoms with Gasteiger partial charge in [0.15, 0.2) is 0 Å². The number of carbonyl (C=O) groups is 3. The topological polar surface area (TPSA) is 125 Å². The van der Waals surface area contributed by atoms with Crippen molar-refractivity contribution < 1.29 is 19.5 Å². The number of benzene rings is 3. The highest BCUT2D eigenvalue weighted by molar-refractivity contribution is 7.98. The van der Waals surface area contributed by atoms with Gasteiger partial charge in [-0.15, -0.1) is 11.3 Å². The number of nitrogens with one attached hydrogen (secondary N) is 2. The molecule has 0 aliphatic carbocycles.